The van der Waals surface area contributed by atoms with E-state index < -0.39 is 4.92 Å². The van der Waals surface area contributed by atoms with Crippen molar-refractivity contribution >= 4 is 27.5 Å². The van der Waals surface area contributed by atoms with Crippen LogP contribution in [0.1, 0.15) is 12.8 Å². The van der Waals surface area contributed by atoms with Gasteiger partial charge in [0.25, 0.3) is 11.6 Å². The number of ether oxygens (including phenoxy) is 1. The van der Waals surface area contributed by atoms with Crippen LogP contribution in [0.25, 0.3) is 0 Å². The first-order valence-electron chi connectivity index (χ1n) is 5.42. The zero-order chi connectivity index (χ0) is 13.1. The Morgan fingerprint density at radius 2 is 2.28 bits per heavy atom. The molecule has 1 N–H and O–H groups in total. The van der Waals surface area contributed by atoms with Crippen molar-refractivity contribution in [2.45, 2.75) is 18.9 Å². The molecule has 1 aromatic carbocycles. The lowest BCUT2D eigenvalue weighted by atomic mass is 10.3. The van der Waals surface area contributed by atoms with Gasteiger partial charge in [-0.15, -0.1) is 0 Å². The normalized spacial score (nSPS) is 14.1. The van der Waals surface area contributed by atoms with Gasteiger partial charge in [-0.05, 0) is 34.8 Å². The number of amides is 1. The molecule has 18 heavy (non-hydrogen) atoms. The highest BCUT2D eigenvalue weighted by Gasteiger charge is 2.23. The zero-order valence-corrected chi connectivity index (χ0v) is 11.0. The second-order valence-electron chi connectivity index (χ2n) is 4.00. The minimum Gasteiger partial charge on any atom is -0.483 e. The number of benzene rings is 1. The Bertz CT molecular complexity index is 488. The molecule has 1 aliphatic carbocycles. The summed E-state index contributed by atoms with van der Waals surface area (Å²) in [6, 6.07) is 4.43. The summed E-state index contributed by atoms with van der Waals surface area (Å²) in [5.41, 5.74) is -0.0309. The van der Waals surface area contributed by atoms with Crippen LogP contribution in [0.5, 0.6) is 5.75 Å². The minimum absolute atomic E-state index is 0.0309. The monoisotopic (exact) mass is 314 g/mol. The second kappa shape index (κ2) is 5.34. The van der Waals surface area contributed by atoms with Gasteiger partial charge in [0, 0.05) is 18.2 Å². The number of carbonyl (C=O) groups is 1. The van der Waals surface area contributed by atoms with Gasteiger partial charge in [-0.3, -0.25) is 14.9 Å². The van der Waals surface area contributed by atoms with Crippen LogP contribution in [0.2, 0.25) is 0 Å². The Balaban J connectivity index is 1.92. The molecule has 6 nitrogen and oxygen atoms in total. The highest BCUT2D eigenvalue weighted by Crippen LogP contribution is 2.29. The smallest absolute Gasteiger partial charge is 0.270 e. The Morgan fingerprint density at radius 1 is 1.56 bits per heavy atom. The Labute approximate surface area is 112 Å². The molecule has 1 amide bonds. The van der Waals surface area contributed by atoms with E-state index in [1.54, 1.807) is 0 Å². The molecule has 96 valence electrons. The highest BCUT2D eigenvalue weighted by atomic mass is 79.9. The molecule has 0 radical (unpaired) electrons. The van der Waals surface area contributed by atoms with Crippen molar-refractivity contribution < 1.29 is 14.5 Å². The minimum atomic E-state index is -0.492. The van der Waals surface area contributed by atoms with Crippen LogP contribution in [0.3, 0.4) is 0 Å². The quantitative estimate of drug-likeness (QED) is 0.666. The summed E-state index contributed by atoms with van der Waals surface area (Å²) >= 11 is 3.17. The molecule has 1 aliphatic rings. The van der Waals surface area contributed by atoms with Crippen LogP contribution in [0.15, 0.2) is 22.7 Å². The van der Waals surface area contributed by atoms with Crippen LogP contribution in [0.4, 0.5) is 5.69 Å². The van der Waals surface area contributed by atoms with Gasteiger partial charge in [0.1, 0.15) is 5.75 Å². The van der Waals surface area contributed by atoms with E-state index in [4.69, 9.17) is 4.74 Å². The topological polar surface area (TPSA) is 81.5 Å². The SMILES string of the molecule is O=C(COc1ccc([N+](=O)[O-])cc1Br)NC1CC1. The molecule has 0 saturated heterocycles. The number of hydrogen-bond donors (Lipinski definition) is 1. The standard InChI is InChI=1S/C11H11BrN2O4/c12-9-5-8(14(16)17)3-4-10(9)18-6-11(15)13-7-1-2-7/h3-5,7H,1-2,6H2,(H,13,15). The lowest BCUT2D eigenvalue weighted by Gasteiger charge is -2.08. The zero-order valence-electron chi connectivity index (χ0n) is 9.39. The van der Waals surface area contributed by atoms with E-state index in [9.17, 15) is 14.9 Å². The number of nitrogens with one attached hydrogen (secondary N) is 1. The van der Waals surface area contributed by atoms with Crippen molar-refractivity contribution in [1.29, 1.82) is 0 Å². The lowest BCUT2D eigenvalue weighted by Crippen LogP contribution is -2.30. The first kappa shape index (κ1) is 12.8. The molecule has 0 bridgehead atoms. The molecule has 0 aromatic heterocycles. The van der Waals surface area contributed by atoms with Crippen molar-refractivity contribution in [3.63, 3.8) is 0 Å². The van der Waals surface area contributed by atoms with Crippen molar-refractivity contribution in [2.24, 2.45) is 0 Å². The molecular formula is C11H11BrN2O4. The van der Waals surface area contributed by atoms with Gasteiger partial charge in [-0.1, -0.05) is 0 Å². The lowest BCUT2D eigenvalue weighted by molar-refractivity contribution is -0.384. The maximum absolute atomic E-state index is 11.4. The Hall–Kier alpha value is -1.63. The Kier molecular flexibility index (Phi) is 3.81. The van der Waals surface area contributed by atoms with Crippen molar-refractivity contribution in [3.05, 3.63) is 32.8 Å². The van der Waals surface area contributed by atoms with E-state index in [0.717, 1.165) is 12.8 Å². The molecule has 0 unspecified atom stereocenters. The third-order valence-electron chi connectivity index (χ3n) is 2.43. The molecule has 1 aromatic rings. The molecule has 0 spiro atoms. The van der Waals surface area contributed by atoms with Gasteiger partial charge >= 0.3 is 0 Å². The summed E-state index contributed by atoms with van der Waals surface area (Å²) in [5, 5.41) is 13.3. The van der Waals surface area contributed by atoms with Crippen LogP contribution >= 0.6 is 15.9 Å². The summed E-state index contributed by atoms with van der Waals surface area (Å²) in [7, 11) is 0. The molecule has 0 aliphatic heterocycles. The summed E-state index contributed by atoms with van der Waals surface area (Å²) in [5.74, 6) is 0.231. The van der Waals surface area contributed by atoms with Gasteiger partial charge in [0.2, 0.25) is 0 Å². The summed E-state index contributed by atoms with van der Waals surface area (Å²) in [6.45, 7) is -0.0904. The fourth-order valence-electron chi connectivity index (χ4n) is 1.36. The van der Waals surface area contributed by atoms with E-state index in [-0.39, 0.29) is 18.2 Å². The van der Waals surface area contributed by atoms with Crippen LogP contribution in [-0.2, 0) is 4.79 Å². The maximum atomic E-state index is 11.4. The molecule has 0 heterocycles. The van der Waals surface area contributed by atoms with Gasteiger partial charge in [0.15, 0.2) is 6.61 Å². The number of rotatable bonds is 5. The molecule has 0 atom stereocenters. The van der Waals surface area contributed by atoms with Gasteiger partial charge in [0.05, 0.1) is 9.40 Å². The molecular weight excluding hydrogens is 304 g/mol. The maximum Gasteiger partial charge on any atom is 0.270 e. The summed E-state index contributed by atoms with van der Waals surface area (Å²) in [4.78, 5) is 21.4. The number of nitro groups is 1. The number of halogens is 1. The van der Waals surface area contributed by atoms with Crippen molar-refractivity contribution in [1.82, 2.24) is 5.32 Å². The molecule has 7 heteroatoms. The van der Waals surface area contributed by atoms with Gasteiger partial charge in [-0.25, -0.2) is 0 Å². The van der Waals surface area contributed by atoms with E-state index >= 15 is 0 Å². The van der Waals surface area contributed by atoms with Crippen molar-refractivity contribution in [2.75, 3.05) is 6.61 Å². The first-order chi connectivity index (χ1) is 8.56. The van der Waals surface area contributed by atoms with Crippen LogP contribution in [-0.4, -0.2) is 23.5 Å². The van der Waals surface area contributed by atoms with E-state index in [1.165, 1.54) is 18.2 Å². The fraction of sp³-hybridized carbons (Fsp3) is 0.364. The number of non-ortho nitro benzene ring substituents is 1. The number of nitro benzene ring substituents is 1. The predicted octanol–water partition coefficient (Wildman–Crippen LogP) is 2.01. The third kappa shape index (κ3) is 3.43. The van der Waals surface area contributed by atoms with Crippen LogP contribution in [0, 0.1) is 10.1 Å². The van der Waals surface area contributed by atoms with Crippen LogP contribution < -0.4 is 10.1 Å². The van der Waals surface area contributed by atoms with Crippen molar-refractivity contribution in [3.8, 4) is 5.75 Å². The third-order valence-corrected chi connectivity index (χ3v) is 3.05. The first-order valence-corrected chi connectivity index (χ1v) is 6.21. The Morgan fingerprint density at radius 3 is 2.83 bits per heavy atom. The predicted molar refractivity (Wildman–Crippen MR) is 67.5 cm³/mol. The summed E-state index contributed by atoms with van der Waals surface area (Å²) in [6.07, 6.45) is 2.04. The second-order valence-corrected chi connectivity index (χ2v) is 4.86. The van der Waals surface area contributed by atoms with E-state index in [2.05, 4.69) is 21.2 Å². The fourth-order valence-corrected chi connectivity index (χ4v) is 1.84. The molecule has 1 saturated carbocycles. The largest absolute Gasteiger partial charge is 0.483 e. The van der Waals surface area contributed by atoms with Gasteiger partial charge < -0.3 is 10.1 Å². The number of carbonyl (C=O) groups excluding carboxylic acids is 1. The molecule has 1 fully saturated rings. The highest BCUT2D eigenvalue weighted by molar-refractivity contribution is 9.10. The average molecular weight is 315 g/mol. The van der Waals surface area contributed by atoms with Gasteiger partial charge in [-0.2, -0.15) is 0 Å². The average Bonchev–Trinajstić information content (AvgIpc) is 3.11. The molecule has 2 rings (SSSR count). The van der Waals surface area contributed by atoms with E-state index in [1.807, 2.05) is 0 Å². The van der Waals surface area contributed by atoms with E-state index in [0.29, 0.717) is 16.3 Å². The summed E-state index contributed by atoms with van der Waals surface area (Å²) < 4.78 is 5.74. The number of hydrogen-bond acceptors (Lipinski definition) is 4. The number of nitrogens with zero attached hydrogens (tertiary/aromatic N) is 1.